The molecular weight excluding hydrogens is 231 g/mol. The monoisotopic (exact) mass is 250 g/mol. The number of carbonyl (C=O) groups excluding carboxylic acids is 1. The smallest absolute Gasteiger partial charge is 0.254 e. The Hall–Kier alpha value is -1.42. The first-order valence-corrected chi connectivity index (χ1v) is 6.24. The molecule has 0 saturated carbocycles. The molecule has 0 bridgehead atoms. The van der Waals surface area contributed by atoms with Crippen LogP contribution in [0.3, 0.4) is 0 Å². The van der Waals surface area contributed by atoms with Gasteiger partial charge in [-0.05, 0) is 44.7 Å². The topological polar surface area (TPSA) is 23.6 Å². The van der Waals surface area contributed by atoms with Crippen LogP contribution in [0.2, 0.25) is 0 Å². The molecule has 0 aromatic heterocycles. The van der Waals surface area contributed by atoms with Gasteiger partial charge in [-0.15, -0.1) is 0 Å². The fraction of sp³-hybridized carbons (Fsp3) is 0.500. The second-order valence-electron chi connectivity index (χ2n) is 5.07. The van der Waals surface area contributed by atoms with Crippen LogP contribution in [0.5, 0.6) is 0 Å². The number of halogens is 1. The van der Waals surface area contributed by atoms with Crippen molar-refractivity contribution in [1.82, 2.24) is 9.80 Å². The molecule has 0 aliphatic carbocycles. The van der Waals surface area contributed by atoms with Gasteiger partial charge in [-0.1, -0.05) is 0 Å². The fourth-order valence-electron chi connectivity index (χ4n) is 2.46. The summed E-state index contributed by atoms with van der Waals surface area (Å²) in [5.74, 6) is -0.288. The molecule has 1 aliphatic rings. The second kappa shape index (κ2) is 5.06. The maximum atomic E-state index is 13.0. The average molecular weight is 250 g/mol. The number of rotatable bonds is 1. The lowest BCUT2D eigenvalue weighted by molar-refractivity contribution is 0.0533. The summed E-state index contributed by atoms with van der Waals surface area (Å²) >= 11 is 0. The van der Waals surface area contributed by atoms with E-state index in [1.807, 2.05) is 11.8 Å². The standard InChI is InChI=1S/C14H19FN2O/c1-10-8-12(15)4-5-13(10)14(18)17-7-6-16(3)9-11(17)2/h4-5,8,11H,6-7,9H2,1-3H3. The Kier molecular flexibility index (Phi) is 3.66. The largest absolute Gasteiger partial charge is 0.333 e. The van der Waals surface area contributed by atoms with Crippen molar-refractivity contribution in [3.8, 4) is 0 Å². The van der Waals surface area contributed by atoms with Gasteiger partial charge in [-0.25, -0.2) is 4.39 Å². The highest BCUT2D eigenvalue weighted by Crippen LogP contribution is 2.16. The summed E-state index contributed by atoms with van der Waals surface area (Å²) in [6.45, 7) is 6.32. The third kappa shape index (κ3) is 2.53. The van der Waals surface area contributed by atoms with E-state index < -0.39 is 0 Å². The molecule has 1 aliphatic heterocycles. The molecule has 18 heavy (non-hydrogen) atoms. The number of likely N-dealkylation sites (N-methyl/N-ethyl adjacent to an activating group) is 1. The number of aryl methyl sites for hydroxylation is 1. The Morgan fingerprint density at radius 2 is 2.11 bits per heavy atom. The summed E-state index contributed by atoms with van der Waals surface area (Å²) in [6.07, 6.45) is 0. The number of hydrogen-bond donors (Lipinski definition) is 0. The van der Waals surface area contributed by atoms with Gasteiger partial charge in [0.1, 0.15) is 5.82 Å². The molecule has 1 heterocycles. The van der Waals surface area contributed by atoms with Gasteiger partial charge in [-0.3, -0.25) is 4.79 Å². The van der Waals surface area contributed by atoms with Gasteiger partial charge in [0, 0.05) is 31.2 Å². The molecule has 4 heteroatoms. The van der Waals surface area contributed by atoms with Crippen LogP contribution in [0.15, 0.2) is 18.2 Å². The van der Waals surface area contributed by atoms with Gasteiger partial charge < -0.3 is 9.80 Å². The van der Waals surface area contributed by atoms with E-state index in [1.165, 1.54) is 12.1 Å². The van der Waals surface area contributed by atoms with Gasteiger partial charge >= 0.3 is 0 Å². The molecule has 1 atom stereocenters. The molecule has 2 rings (SSSR count). The predicted molar refractivity (Wildman–Crippen MR) is 69.1 cm³/mol. The van der Waals surface area contributed by atoms with E-state index >= 15 is 0 Å². The summed E-state index contributed by atoms with van der Waals surface area (Å²) in [4.78, 5) is 16.5. The first-order valence-electron chi connectivity index (χ1n) is 6.24. The van der Waals surface area contributed by atoms with Crippen molar-refractivity contribution in [1.29, 1.82) is 0 Å². The van der Waals surface area contributed by atoms with Crippen molar-refractivity contribution < 1.29 is 9.18 Å². The average Bonchev–Trinajstić information content (AvgIpc) is 2.28. The van der Waals surface area contributed by atoms with Gasteiger partial charge in [0.2, 0.25) is 0 Å². The van der Waals surface area contributed by atoms with Gasteiger partial charge in [0.15, 0.2) is 0 Å². The van der Waals surface area contributed by atoms with Crippen LogP contribution < -0.4 is 0 Å². The zero-order chi connectivity index (χ0) is 13.3. The van der Waals surface area contributed by atoms with Crippen molar-refractivity contribution in [3.63, 3.8) is 0 Å². The van der Waals surface area contributed by atoms with Crippen LogP contribution in [0, 0.1) is 12.7 Å². The van der Waals surface area contributed by atoms with Gasteiger partial charge in [0.25, 0.3) is 5.91 Å². The first kappa shape index (κ1) is 13.0. The number of benzene rings is 1. The Morgan fingerprint density at radius 1 is 1.39 bits per heavy atom. The number of hydrogen-bond acceptors (Lipinski definition) is 2. The molecule has 1 saturated heterocycles. The summed E-state index contributed by atoms with van der Waals surface area (Å²) in [5, 5.41) is 0. The Labute approximate surface area is 107 Å². The molecule has 3 nitrogen and oxygen atoms in total. The second-order valence-corrected chi connectivity index (χ2v) is 5.07. The molecule has 1 amide bonds. The predicted octanol–water partition coefficient (Wildman–Crippen LogP) is 1.91. The van der Waals surface area contributed by atoms with Crippen LogP contribution >= 0.6 is 0 Å². The highest BCUT2D eigenvalue weighted by atomic mass is 19.1. The van der Waals surface area contributed by atoms with Gasteiger partial charge in [-0.2, -0.15) is 0 Å². The number of piperazine rings is 1. The summed E-state index contributed by atoms with van der Waals surface area (Å²) in [5.41, 5.74) is 1.30. The minimum atomic E-state index is -0.296. The molecule has 1 fully saturated rings. The van der Waals surface area contributed by atoms with E-state index in [0.717, 1.165) is 19.6 Å². The van der Waals surface area contributed by atoms with Crippen molar-refractivity contribution >= 4 is 5.91 Å². The van der Waals surface area contributed by atoms with E-state index in [4.69, 9.17) is 0 Å². The SMILES string of the molecule is Cc1cc(F)ccc1C(=O)N1CCN(C)CC1C. The van der Waals surface area contributed by atoms with E-state index in [-0.39, 0.29) is 17.8 Å². The molecule has 0 radical (unpaired) electrons. The highest BCUT2D eigenvalue weighted by molar-refractivity contribution is 5.95. The maximum Gasteiger partial charge on any atom is 0.254 e. The Bertz CT molecular complexity index is 461. The van der Waals surface area contributed by atoms with E-state index in [0.29, 0.717) is 11.1 Å². The first-order chi connectivity index (χ1) is 8.49. The van der Waals surface area contributed by atoms with Crippen LogP contribution in [-0.2, 0) is 0 Å². The Balaban J connectivity index is 2.20. The minimum absolute atomic E-state index is 0.00750. The summed E-state index contributed by atoms with van der Waals surface area (Å²) < 4.78 is 13.0. The molecule has 1 aromatic carbocycles. The normalized spacial score (nSPS) is 21.1. The van der Waals surface area contributed by atoms with Crippen molar-refractivity contribution in [3.05, 3.63) is 35.1 Å². The molecule has 0 N–H and O–H groups in total. The van der Waals surface area contributed by atoms with Crippen LogP contribution in [-0.4, -0.2) is 48.4 Å². The quantitative estimate of drug-likeness (QED) is 0.760. The van der Waals surface area contributed by atoms with Crippen molar-refractivity contribution in [2.45, 2.75) is 19.9 Å². The van der Waals surface area contributed by atoms with E-state index in [1.54, 1.807) is 13.0 Å². The van der Waals surface area contributed by atoms with Crippen LogP contribution in [0.25, 0.3) is 0 Å². The van der Waals surface area contributed by atoms with Gasteiger partial charge in [0.05, 0.1) is 0 Å². The van der Waals surface area contributed by atoms with E-state index in [9.17, 15) is 9.18 Å². The van der Waals surface area contributed by atoms with Crippen molar-refractivity contribution in [2.24, 2.45) is 0 Å². The summed E-state index contributed by atoms with van der Waals surface area (Å²) in [6, 6.07) is 4.54. The molecular formula is C14H19FN2O. The zero-order valence-electron chi connectivity index (χ0n) is 11.1. The Morgan fingerprint density at radius 3 is 2.72 bits per heavy atom. The third-order valence-electron chi connectivity index (χ3n) is 3.51. The molecule has 98 valence electrons. The third-order valence-corrected chi connectivity index (χ3v) is 3.51. The maximum absolute atomic E-state index is 13.0. The molecule has 1 aromatic rings. The number of amides is 1. The summed E-state index contributed by atoms with van der Waals surface area (Å²) in [7, 11) is 2.06. The highest BCUT2D eigenvalue weighted by Gasteiger charge is 2.27. The molecule has 1 unspecified atom stereocenters. The lowest BCUT2D eigenvalue weighted by atomic mass is 10.1. The minimum Gasteiger partial charge on any atom is -0.333 e. The zero-order valence-corrected chi connectivity index (χ0v) is 11.1. The molecule has 0 spiro atoms. The number of carbonyl (C=O) groups is 1. The fourth-order valence-corrected chi connectivity index (χ4v) is 2.46. The van der Waals surface area contributed by atoms with Crippen LogP contribution in [0.1, 0.15) is 22.8 Å². The lowest BCUT2D eigenvalue weighted by Gasteiger charge is -2.38. The van der Waals surface area contributed by atoms with Crippen LogP contribution in [0.4, 0.5) is 4.39 Å². The number of nitrogens with zero attached hydrogens (tertiary/aromatic N) is 2. The van der Waals surface area contributed by atoms with Crippen molar-refractivity contribution in [2.75, 3.05) is 26.7 Å². The van der Waals surface area contributed by atoms with E-state index in [2.05, 4.69) is 11.9 Å². The lowest BCUT2D eigenvalue weighted by Crippen LogP contribution is -2.52.